The van der Waals surface area contributed by atoms with Gasteiger partial charge in [0.05, 0.1) is 5.75 Å². The van der Waals surface area contributed by atoms with Crippen LogP contribution in [0.5, 0.6) is 0 Å². The first-order valence-electron chi connectivity index (χ1n) is 9.99. The maximum absolute atomic E-state index is 13.8. The Kier molecular flexibility index (Phi) is 7.25. The number of hydrogen-bond donors (Lipinski definition) is 2. The number of sulfone groups is 1. The van der Waals surface area contributed by atoms with E-state index in [0.29, 0.717) is 17.9 Å². The number of nitrogens with zero attached hydrogens (tertiary/aromatic N) is 1. The molecular formula is C22H28FN3O2S. The summed E-state index contributed by atoms with van der Waals surface area (Å²) < 4.78 is 38.5. The Morgan fingerprint density at radius 2 is 1.69 bits per heavy atom. The highest BCUT2D eigenvalue weighted by Crippen LogP contribution is 2.32. The minimum Gasteiger partial charge on any atom is -0.355 e. The molecule has 1 aliphatic carbocycles. The van der Waals surface area contributed by atoms with Gasteiger partial charge in [-0.3, -0.25) is 4.99 Å². The summed E-state index contributed by atoms with van der Waals surface area (Å²) in [7, 11) is -2.02. The van der Waals surface area contributed by atoms with E-state index >= 15 is 0 Å². The van der Waals surface area contributed by atoms with E-state index in [2.05, 4.69) is 39.9 Å². The van der Waals surface area contributed by atoms with Crippen molar-refractivity contribution in [3.05, 3.63) is 66.0 Å². The Bertz CT molecular complexity index is 924. The van der Waals surface area contributed by atoms with E-state index in [0.717, 1.165) is 31.7 Å². The molecule has 0 amide bonds. The molecule has 0 aliphatic heterocycles. The Morgan fingerprint density at radius 3 is 2.34 bits per heavy atom. The third-order valence-electron chi connectivity index (χ3n) is 5.40. The maximum atomic E-state index is 13.8. The molecule has 2 aromatic carbocycles. The van der Waals surface area contributed by atoms with Crippen molar-refractivity contribution in [2.75, 3.05) is 19.3 Å². The van der Waals surface area contributed by atoms with Crippen LogP contribution < -0.4 is 10.6 Å². The second-order valence-electron chi connectivity index (χ2n) is 7.35. The van der Waals surface area contributed by atoms with Gasteiger partial charge in [-0.1, -0.05) is 42.5 Å². The molecule has 0 radical (unpaired) electrons. The van der Waals surface area contributed by atoms with E-state index in [1.807, 2.05) is 6.07 Å². The number of rotatable bonds is 6. The van der Waals surface area contributed by atoms with Crippen LogP contribution in [0.15, 0.2) is 64.5 Å². The summed E-state index contributed by atoms with van der Waals surface area (Å²) in [6.45, 7) is 0.162. The molecule has 3 rings (SSSR count). The van der Waals surface area contributed by atoms with Gasteiger partial charge in [0.15, 0.2) is 15.8 Å². The Hall–Kier alpha value is -2.41. The van der Waals surface area contributed by atoms with E-state index in [9.17, 15) is 12.8 Å². The van der Waals surface area contributed by atoms with Gasteiger partial charge >= 0.3 is 0 Å². The number of hydrogen-bond acceptors (Lipinski definition) is 3. The van der Waals surface area contributed by atoms with Crippen molar-refractivity contribution >= 4 is 15.8 Å². The lowest BCUT2D eigenvalue weighted by molar-refractivity contribution is 0.371. The molecule has 7 heteroatoms. The monoisotopic (exact) mass is 417 g/mol. The smallest absolute Gasteiger partial charge is 0.191 e. The molecule has 1 saturated carbocycles. The Labute approximate surface area is 172 Å². The summed E-state index contributed by atoms with van der Waals surface area (Å²) in [6.07, 6.45) is 4.29. The SMILES string of the molecule is CN=C(NCCS(=O)(=O)c1ccccc1F)NC1CCC(c2ccccc2)CC1. The van der Waals surface area contributed by atoms with Gasteiger partial charge in [-0.2, -0.15) is 0 Å². The minimum absolute atomic E-state index is 0.162. The second kappa shape index (κ2) is 9.87. The van der Waals surface area contributed by atoms with Crippen LogP contribution in [0.4, 0.5) is 4.39 Å². The van der Waals surface area contributed by atoms with Crippen molar-refractivity contribution in [3.8, 4) is 0 Å². The number of nitrogens with one attached hydrogen (secondary N) is 2. The van der Waals surface area contributed by atoms with E-state index in [1.165, 1.54) is 23.8 Å². The zero-order valence-electron chi connectivity index (χ0n) is 16.6. The predicted octanol–water partition coefficient (Wildman–Crippen LogP) is 3.49. The molecule has 2 N–H and O–H groups in total. The molecule has 156 valence electrons. The van der Waals surface area contributed by atoms with Gasteiger partial charge in [0.2, 0.25) is 0 Å². The fraction of sp³-hybridized carbons (Fsp3) is 0.409. The number of guanidine groups is 1. The molecule has 0 bridgehead atoms. The molecule has 1 fully saturated rings. The highest BCUT2D eigenvalue weighted by molar-refractivity contribution is 7.91. The number of aliphatic imine (C=N–C) groups is 1. The fourth-order valence-electron chi connectivity index (χ4n) is 3.79. The van der Waals surface area contributed by atoms with Gasteiger partial charge in [-0.25, -0.2) is 12.8 Å². The largest absolute Gasteiger partial charge is 0.355 e. The second-order valence-corrected chi connectivity index (χ2v) is 9.43. The number of halogens is 1. The van der Waals surface area contributed by atoms with Crippen LogP contribution in [0.1, 0.15) is 37.2 Å². The standard InChI is InChI=1S/C22H28FN3O2S/c1-24-22(25-15-16-29(27,28)21-10-6-5-9-20(21)23)26-19-13-11-18(12-14-19)17-7-3-2-4-8-17/h2-10,18-19H,11-16H2,1H3,(H2,24,25,26). The molecule has 0 unspecified atom stereocenters. The van der Waals surface area contributed by atoms with Gasteiger partial charge in [0.25, 0.3) is 0 Å². The molecule has 29 heavy (non-hydrogen) atoms. The van der Waals surface area contributed by atoms with E-state index in [1.54, 1.807) is 7.05 Å². The lowest BCUT2D eigenvalue weighted by atomic mass is 9.82. The van der Waals surface area contributed by atoms with E-state index < -0.39 is 15.7 Å². The van der Waals surface area contributed by atoms with Crippen LogP contribution >= 0.6 is 0 Å². The zero-order valence-corrected chi connectivity index (χ0v) is 17.5. The fourth-order valence-corrected chi connectivity index (χ4v) is 5.04. The lowest BCUT2D eigenvalue weighted by Gasteiger charge is -2.30. The normalized spacial score (nSPS) is 20.3. The van der Waals surface area contributed by atoms with Crippen molar-refractivity contribution in [1.82, 2.24) is 10.6 Å². The highest BCUT2D eigenvalue weighted by Gasteiger charge is 2.23. The third kappa shape index (κ3) is 5.79. The molecule has 0 spiro atoms. The molecule has 0 saturated heterocycles. The molecule has 0 heterocycles. The van der Waals surface area contributed by atoms with Gasteiger partial charge < -0.3 is 10.6 Å². The van der Waals surface area contributed by atoms with E-state index in [4.69, 9.17) is 0 Å². The van der Waals surface area contributed by atoms with Crippen molar-refractivity contribution < 1.29 is 12.8 Å². The average Bonchev–Trinajstić information content (AvgIpc) is 2.74. The minimum atomic E-state index is -3.69. The first-order chi connectivity index (χ1) is 14.0. The van der Waals surface area contributed by atoms with Crippen LogP contribution in [-0.4, -0.2) is 39.8 Å². The zero-order chi connectivity index (χ0) is 20.7. The van der Waals surface area contributed by atoms with Crippen LogP contribution in [0, 0.1) is 5.82 Å². The molecule has 2 aromatic rings. The Morgan fingerprint density at radius 1 is 1.03 bits per heavy atom. The summed E-state index contributed by atoms with van der Waals surface area (Å²) in [5.41, 5.74) is 1.40. The van der Waals surface area contributed by atoms with Crippen molar-refractivity contribution in [1.29, 1.82) is 0 Å². The van der Waals surface area contributed by atoms with Crippen LogP contribution in [-0.2, 0) is 9.84 Å². The molecule has 1 aliphatic rings. The van der Waals surface area contributed by atoms with Gasteiger partial charge in [-0.15, -0.1) is 0 Å². The Balaban J connectivity index is 1.46. The molecule has 5 nitrogen and oxygen atoms in total. The summed E-state index contributed by atoms with van der Waals surface area (Å²) in [4.78, 5) is 3.93. The van der Waals surface area contributed by atoms with Crippen molar-refractivity contribution in [3.63, 3.8) is 0 Å². The first-order valence-corrected chi connectivity index (χ1v) is 11.6. The maximum Gasteiger partial charge on any atom is 0.191 e. The molecule has 0 atom stereocenters. The van der Waals surface area contributed by atoms with Gasteiger partial charge in [0.1, 0.15) is 10.7 Å². The first kappa shape index (κ1) is 21.3. The lowest BCUT2D eigenvalue weighted by Crippen LogP contribution is -2.45. The quantitative estimate of drug-likeness (QED) is 0.558. The van der Waals surface area contributed by atoms with Crippen LogP contribution in [0.2, 0.25) is 0 Å². The van der Waals surface area contributed by atoms with Crippen LogP contribution in [0.25, 0.3) is 0 Å². The van der Waals surface area contributed by atoms with Crippen LogP contribution in [0.3, 0.4) is 0 Å². The molecule has 0 aromatic heterocycles. The molecular weight excluding hydrogens is 389 g/mol. The average molecular weight is 418 g/mol. The van der Waals surface area contributed by atoms with Gasteiger partial charge in [-0.05, 0) is 49.3 Å². The summed E-state index contributed by atoms with van der Waals surface area (Å²) in [6, 6.07) is 16.4. The predicted molar refractivity (Wildman–Crippen MR) is 114 cm³/mol. The topological polar surface area (TPSA) is 70.6 Å². The summed E-state index contributed by atoms with van der Waals surface area (Å²) >= 11 is 0. The van der Waals surface area contributed by atoms with Crippen molar-refractivity contribution in [2.24, 2.45) is 4.99 Å². The summed E-state index contributed by atoms with van der Waals surface area (Å²) in [5, 5.41) is 6.43. The number of benzene rings is 2. The summed E-state index contributed by atoms with van der Waals surface area (Å²) in [5.74, 6) is 0.257. The highest BCUT2D eigenvalue weighted by atomic mass is 32.2. The van der Waals surface area contributed by atoms with E-state index in [-0.39, 0.29) is 17.2 Å². The third-order valence-corrected chi connectivity index (χ3v) is 7.14. The van der Waals surface area contributed by atoms with Crippen molar-refractivity contribution in [2.45, 2.75) is 42.5 Å². The van der Waals surface area contributed by atoms with Gasteiger partial charge in [0, 0.05) is 19.6 Å².